The van der Waals surface area contributed by atoms with Crippen LogP contribution in [0.5, 0.6) is 0 Å². The van der Waals surface area contributed by atoms with Crippen molar-refractivity contribution >= 4 is 45.7 Å². The van der Waals surface area contributed by atoms with E-state index in [1.807, 2.05) is 0 Å². The van der Waals surface area contributed by atoms with Crippen LogP contribution in [0.15, 0.2) is 0 Å². The molecule has 12 nitrogen and oxygen atoms in total. The minimum atomic E-state index is -5.17. The summed E-state index contributed by atoms with van der Waals surface area (Å²) in [6.45, 7) is 0. The Bertz CT molecular complexity index is 816. The first-order valence-corrected chi connectivity index (χ1v) is 11.0. The smallest absolute Gasteiger partial charge is 0.359 e. The SMILES string of the molecule is O=C1N[C@H]2[C@H](CS[C@H]2CCC(C(O)(C(=O)O)N2C(=O)CCC2=O)S(=O)(=O)O)N1. The molecular formula is C14H19N3O9S2. The number of likely N-dealkylation sites (tertiary alicyclic amines) is 1. The molecule has 3 fully saturated rings. The van der Waals surface area contributed by atoms with E-state index in [2.05, 4.69) is 10.6 Å². The fraction of sp³-hybridized carbons (Fsp3) is 0.714. The molecule has 14 heteroatoms. The highest BCUT2D eigenvalue weighted by Gasteiger charge is 2.60. The summed E-state index contributed by atoms with van der Waals surface area (Å²) in [7, 11) is -5.17. The molecule has 2 unspecified atom stereocenters. The summed E-state index contributed by atoms with van der Waals surface area (Å²) in [4.78, 5) is 47.1. The van der Waals surface area contributed by atoms with Crippen molar-refractivity contribution in [3.63, 3.8) is 0 Å². The molecule has 0 radical (unpaired) electrons. The molecule has 0 aromatic carbocycles. The van der Waals surface area contributed by atoms with E-state index in [1.54, 1.807) is 0 Å². The predicted molar refractivity (Wildman–Crippen MR) is 93.7 cm³/mol. The standard InChI is InChI=1S/C14H19N3O9S2/c18-9-3-4-10(19)17(9)14(23,12(20)21)8(28(24,25)26)2-1-7-11-6(5-27-7)15-13(22)16-11/h6-8,11,23H,1-5H2,(H,20,21)(H2,15,16,22)(H,24,25,26)/t6-,7-,8?,11-,14?/m0/s1. The lowest BCUT2D eigenvalue weighted by atomic mass is 9.98. The van der Waals surface area contributed by atoms with Crippen LogP contribution in [0.3, 0.4) is 0 Å². The molecule has 0 bridgehead atoms. The first kappa shape index (κ1) is 20.8. The number of fused-ring (bicyclic) bond motifs is 1. The lowest BCUT2D eigenvalue weighted by molar-refractivity contribution is -0.190. The summed E-state index contributed by atoms with van der Waals surface area (Å²) in [5.74, 6) is -3.65. The van der Waals surface area contributed by atoms with Gasteiger partial charge in [0.05, 0.1) is 12.1 Å². The van der Waals surface area contributed by atoms with Crippen molar-refractivity contribution in [3.05, 3.63) is 0 Å². The zero-order valence-electron chi connectivity index (χ0n) is 14.4. The second kappa shape index (κ2) is 7.17. The molecule has 3 saturated heterocycles. The molecule has 156 valence electrons. The molecule has 0 aromatic heterocycles. The molecule has 3 heterocycles. The van der Waals surface area contributed by atoms with E-state index in [-0.39, 0.29) is 47.5 Å². The molecule has 4 amide bonds. The number of thioether (sulfide) groups is 1. The highest BCUT2D eigenvalue weighted by atomic mass is 32.2. The fourth-order valence-corrected chi connectivity index (χ4v) is 6.42. The van der Waals surface area contributed by atoms with E-state index in [9.17, 15) is 42.4 Å². The number of nitrogens with zero attached hydrogens (tertiary/aromatic N) is 1. The summed E-state index contributed by atoms with van der Waals surface area (Å²) in [6.07, 6.45) is -1.28. The number of urea groups is 1. The zero-order chi connectivity index (χ0) is 20.9. The van der Waals surface area contributed by atoms with Crippen molar-refractivity contribution in [3.8, 4) is 0 Å². The summed E-state index contributed by atoms with van der Waals surface area (Å²) in [5.41, 5.74) is -3.43. The number of carbonyl (C=O) groups excluding carboxylic acids is 3. The van der Waals surface area contributed by atoms with Gasteiger partial charge in [-0.1, -0.05) is 0 Å². The second-order valence-electron chi connectivity index (χ2n) is 6.86. The number of amides is 4. The van der Waals surface area contributed by atoms with Gasteiger partial charge in [-0.2, -0.15) is 20.2 Å². The van der Waals surface area contributed by atoms with Crippen LogP contribution < -0.4 is 10.6 Å². The Labute approximate surface area is 163 Å². The number of carboxylic acids is 1. The summed E-state index contributed by atoms with van der Waals surface area (Å²) < 4.78 is 33.5. The van der Waals surface area contributed by atoms with E-state index >= 15 is 0 Å². The van der Waals surface area contributed by atoms with Crippen LogP contribution in [0.25, 0.3) is 0 Å². The van der Waals surface area contributed by atoms with Gasteiger partial charge in [-0.15, -0.1) is 0 Å². The highest BCUT2D eigenvalue weighted by molar-refractivity contribution is 8.00. The van der Waals surface area contributed by atoms with Gasteiger partial charge in [-0.05, 0) is 12.8 Å². The third-order valence-corrected chi connectivity index (χ3v) is 7.96. The van der Waals surface area contributed by atoms with Gasteiger partial charge in [0.25, 0.3) is 15.8 Å². The first-order valence-electron chi connectivity index (χ1n) is 8.43. The van der Waals surface area contributed by atoms with Crippen LogP contribution in [0.1, 0.15) is 25.7 Å². The van der Waals surface area contributed by atoms with E-state index in [0.29, 0.717) is 5.75 Å². The number of rotatable bonds is 7. The van der Waals surface area contributed by atoms with Crippen LogP contribution in [-0.2, 0) is 24.5 Å². The number of aliphatic carboxylic acids is 1. The van der Waals surface area contributed by atoms with Crippen LogP contribution in [0.4, 0.5) is 4.79 Å². The lowest BCUT2D eigenvalue weighted by Gasteiger charge is -2.36. The van der Waals surface area contributed by atoms with Crippen molar-refractivity contribution in [2.45, 2.75) is 54.0 Å². The Hall–Kier alpha value is -1.90. The van der Waals surface area contributed by atoms with E-state index in [1.165, 1.54) is 11.8 Å². The monoisotopic (exact) mass is 437 g/mol. The van der Waals surface area contributed by atoms with Crippen molar-refractivity contribution < 1.29 is 42.4 Å². The third kappa shape index (κ3) is 3.44. The largest absolute Gasteiger partial charge is 0.478 e. The number of hydrogen-bond donors (Lipinski definition) is 5. The topological polar surface area (TPSA) is 190 Å². The molecular weight excluding hydrogens is 418 g/mol. The molecule has 3 rings (SSSR count). The molecule has 5 atom stereocenters. The third-order valence-electron chi connectivity index (χ3n) is 5.17. The van der Waals surface area contributed by atoms with Crippen molar-refractivity contribution in [1.29, 1.82) is 0 Å². The molecule has 0 aliphatic carbocycles. The van der Waals surface area contributed by atoms with Crippen molar-refractivity contribution in [2.24, 2.45) is 0 Å². The number of nitrogens with one attached hydrogen (secondary N) is 2. The van der Waals surface area contributed by atoms with Crippen molar-refractivity contribution in [2.75, 3.05) is 5.75 Å². The van der Waals surface area contributed by atoms with Gasteiger partial charge in [-0.3, -0.25) is 14.1 Å². The fourth-order valence-electron chi connectivity index (χ4n) is 3.85. The molecule has 3 aliphatic heterocycles. The van der Waals surface area contributed by atoms with Crippen LogP contribution in [0.2, 0.25) is 0 Å². The Kier molecular flexibility index (Phi) is 5.33. The quantitative estimate of drug-likeness (QED) is 0.171. The van der Waals surface area contributed by atoms with Gasteiger partial charge >= 0.3 is 12.0 Å². The maximum absolute atomic E-state index is 12.0. The average Bonchev–Trinajstić information content (AvgIpc) is 3.21. The van der Waals surface area contributed by atoms with Crippen molar-refractivity contribution in [1.82, 2.24) is 15.5 Å². The zero-order valence-corrected chi connectivity index (χ0v) is 16.0. The average molecular weight is 437 g/mol. The van der Waals surface area contributed by atoms with Crippen LogP contribution in [-0.4, -0.2) is 86.0 Å². The predicted octanol–water partition coefficient (Wildman–Crippen LogP) is -1.89. The van der Waals surface area contributed by atoms with Crippen LogP contribution in [0, 0.1) is 0 Å². The number of imide groups is 1. The molecule has 0 aromatic rings. The Morgan fingerprint density at radius 2 is 1.86 bits per heavy atom. The van der Waals surface area contributed by atoms with Gasteiger partial charge in [-0.25, -0.2) is 14.5 Å². The minimum Gasteiger partial charge on any atom is -0.478 e. The van der Waals surface area contributed by atoms with E-state index in [4.69, 9.17) is 0 Å². The first-order chi connectivity index (χ1) is 13.0. The maximum Gasteiger partial charge on any atom is 0.359 e. The summed E-state index contributed by atoms with van der Waals surface area (Å²) >= 11 is 1.41. The molecule has 0 spiro atoms. The van der Waals surface area contributed by atoms with E-state index in [0.717, 1.165) is 0 Å². The van der Waals surface area contributed by atoms with Gasteiger partial charge in [0.2, 0.25) is 11.8 Å². The number of aliphatic hydroxyl groups is 1. The highest BCUT2D eigenvalue weighted by Crippen LogP contribution is 2.36. The normalized spacial score (nSPS) is 30.6. The van der Waals surface area contributed by atoms with E-state index < -0.39 is 45.3 Å². The number of hydrogen-bond acceptors (Lipinski definition) is 8. The number of carbonyl (C=O) groups is 4. The summed E-state index contributed by atoms with van der Waals surface area (Å²) in [6, 6.07) is -0.874. The molecule has 3 aliphatic rings. The molecule has 28 heavy (non-hydrogen) atoms. The lowest BCUT2D eigenvalue weighted by Crippen LogP contribution is -2.65. The van der Waals surface area contributed by atoms with Crippen LogP contribution >= 0.6 is 11.8 Å². The van der Waals surface area contributed by atoms with Gasteiger partial charge < -0.3 is 20.8 Å². The molecule has 5 N–H and O–H groups in total. The Balaban J connectivity index is 1.86. The van der Waals surface area contributed by atoms with Gasteiger partial charge in [0.1, 0.15) is 5.25 Å². The molecule has 0 saturated carbocycles. The Morgan fingerprint density at radius 3 is 2.39 bits per heavy atom. The van der Waals surface area contributed by atoms with Gasteiger partial charge in [0, 0.05) is 23.8 Å². The minimum absolute atomic E-state index is 0.00403. The number of carboxylic acid groups (broad SMARTS) is 1. The second-order valence-corrected chi connectivity index (χ2v) is 9.73. The summed E-state index contributed by atoms with van der Waals surface area (Å²) in [5, 5.41) is 22.9. The van der Waals surface area contributed by atoms with Gasteiger partial charge in [0.15, 0.2) is 0 Å². The Morgan fingerprint density at radius 1 is 1.25 bits per heavy atom. The maximum atomic E-state index is 12.0.